The Kier molecular flexibility index (Phi) is 4.02. The van der Waals surface area contributed by atoms with Crippen LogP contribution < -0.4 is 4.74 Å². The Bertz CT molecular complexity index is 418. The molecule has 0 amide bonds. The van der Waals surface area contributed by atoms with Gasteiger partial charge in [-0.2, -0.15) is 0 Å². The third kappa shape index (κ3) is 2.98. The van der Waals surface area contributed by atoms with Gasteiger partial charge in [0.2, 0.25) is 0 Å². The zero-order valence-electron chi connectivity index (χ0n) is 9.44. The number of hydrogen-bond acceptors (Lipinski definition) is 4. The zero-order chi connectivity index (χ0) is 12.3. The Morgan fingerprint density at radius 1 is 1.59 bits per heavy atom. The monoisotopic (exact) mass is 256 g/mol. The number of carbonyl (C=O) groups is 1. The molecule has 0 radical (unpaired) electrons. The van der Waals surface area contributed by atoms with Crippen LogP contribution in [0.15, 0.2) is 18.2 Å². The van der Waals surface area contributed by atoms with Crippen LogP contribution in [-0.2, 0) is 4.74 Å². The van der Waals surface area contributed by atoms with E-state index in [1.807, 2.05) is 0 Å². The van der Waals surface area contributed by atoms with Gasteiger partial charge >= 0.3 is 0 Å². The van der Waals surface area contributed by atoms with Gasteiger partial charge in [0.25, 0.3) is 0 Å². The van der Waals surface area contributed by atoms with Crippen LogP contribution in [0.25, 0.3) is 0 Å². The van der Waals surface area contributed by atoms with Crippen molar-refractivity contribution in [2.45, 2.75) is 5.25 Å². The summed E-state index contributed by atoms with van der Waals surface area (Å²) in [6, 6.07) is 3.97. The highest BCUT2D eigenvalue weighted by Crippen LogP contribution is 2.24. The van der Waals surface area contributed by atoms with E-state index in [0.717, 1.165) is 0 Å². The van der Waals surface area contributed by atoms with Gasteiger partial charge in [0.15, 0.2) is 5.78 Å². The smallest absolute Gasteiger partial charge is 0.176 e. The second-order valence-electron chi connectivity index (χ2n) is 3.74. The molecular formula is C12H13FO3S. The van der Waals surface area contributed by atoms with Gasteiger partial charge in [-0.25, -0.2) is 4.39 Å². The van der Waals surface area contributed by atoms with Crippen molar-refractivity contribution < 1.29 is 18.7 Å². The van der Waals surface area contributed by atoms with Gasteiger partial charge in [0, 0.05) is 0 Å². The van der Waals surface area contributed by atoms with Crippen LogP contribution in [0.3, 0.4) is 0 Å². The van der Waals surface area contributed by atoms with E-state index in [9.17, 15) is 9.18 Å². The molecule has 1 aromatic rings. The Balaban J connectivity index is 2.03. The van der Waals surface area contributed by atoms with E-state index < -0.39 is 5.82 Å². The molecule has 17 heavy (non-hydrogen) atoms. The third-order valence-corrected chi connectivity index (χ3v) is 3.69. The minimum atomic E-state index is -0.425. The van der Waals surface area contributed by atoms with Crippen LogP contribution in [0.5, 0.6) is 5.75 Å². The Morgan fingerprint density at radius 2 is 2.35 bits per heavy atom. The Labute approximate surface area is 103 Å². The van der Waals surface area contributed by atoms with Crippen LogP contribution >= 0.6 is 11.8 Å². The lowest BCUT2D eigenvalue weighted by Crippen LogP contribution is -2.31. The quantitative estimate of drug-likeness (QED) is 0.756. The molecule has 0 unspecified atom stereocenters. The fourth-order valence-electron chi connectivity index (χ4n) is 1.48. The number of ketones is 1. The fraction of sp³-hybridized carbons (Fsp3) is 0.417. The maximum Gasteiger partial charge on any atom is 0.176 e. The SMILES string of the molecule is COc1ccc(F)cc1C(=O)CSC1COC1. The lowest BCUT2D eigenvalue weighted by Gasteiger charge is -2.24. The van der Waals surface area contributed by atoms with Crippen molar-refractivity contribution >= 4 is 17.5 Å². The van der Waals surface area contributed by atoms with Crippen LogP contribution in [0.4, 0.5) is 4.39 Å². The molecular weight excluding hydrogens is 243 g/mol. The first-order valence-electron chi connectivity index (χ1n) is 5.27. The summed E-state index contributed by atoms with van der Waals surface area (Å²) in [6.45, 7) is 1.39. The van der Waals surface area contributed by atoms with Gasteiger partial charge in [0.1, 0.15) is 11.6 Å². The molecule has 0 N–H and O–H groups in total. The van der Waals surface area contributed by atoms with Crippen molar-refractivity contribution in [3.63, 3.8) is 0 Å². The Hall–Kier alpha value is -1.07. The molecule has 3 nitrogen and oxygen atoms in total. The number of ether oxygens (including phenoxy) is 2. The zero-order valence-corrected chi connectivity index (χ0v) is 10.3. The van der Waals surface area contributed by atoms with Crippen LogP contribution in [0.2, 0.25) is 0 Å². The minimum Gasteiger partial charge on any atom is -0.496 e. The van der Waals surface area contributed by atoms with Gasteiger partial charge in [-0.05, 0) is 18.2 Å². The maximum absolute atomic E-state index is 13.1. The largest absolute Gasteiger partial charge is 0.496 e. The van der Waals surface area contributed by atoms with E-state index in [0.29, 0.717) is 35.5 Å². The van der Waals surface area contributed by atoms with Crippen LogP contribution in [0.1, 0.15) is 10.4 Å². The summed E-state index contributed by atoms with van der Waals surface area (Å²) < 4.78 is 23.2. The van der Waals surface area contributed by atoms with Crippen LogP contribution in [0, 0.1) is 5.82 Å². The van der Waals surface area contributed by atoms with Gasteiger partial charge in [-0.3, -0.25) is 4.79 Å². The molecule has 5 heteroatoms. The van der Waals surface area contributed by atoms with Gasteiger partial charge < -0.3 is 9.47 Å². The van der Waals surface area contributed by atoms with Crippen molar-refractivity contribution in [3.05, 3.63) is 29.6 Å². The molecule has 1 fully saturated rings. The van der Waals surface area contributed by atoms with E-state index in [-0.39, 0.29) is 5.78 Å². The molecule has 0 atom stereocenters. The highest BCUT2D eigenvalue weighted by molar-refractivity contribution is 8.00. The average Bonchev–Trinajstić information content (AvgIpc) is 2.26. The topological polar surface area (TPSA) is 35.5 Å². The first-order valence-corrected chi connectivity index (χ1v) is 6.31. The fourth-order valence-corrected chi connectivity index (χ4v) is 2.41. The standard InChI is InChI=1S/C12H13FO3S/c1-15-12-3-2-8(13)4-10(12)11(14)7-17-9-5-16-6-9/h2-4,9H,5-7H2,1H3. The second kappa shape index (κ2) is 5.51. The number of methoxy groups -OCH3 is 1. The lowest BCUT2D eigenvalue weighted by molar-refractivity contribution is 0.0455. The number of carbonyl (C=O) groups excluding carboxylic acids is 1. The molecule has 1 aromatic carbocycles. The van der Waals surface area contributed by atoms with E-state index in [2.05, 4.69) is 0 Å². The van der Waals surface area contributed by atoms with Gasteiger partial charge in [0.05, 0.1) is 36.9 Å². The third-order valence-electron chi connectivity index (χ3n) is 2.52. The summed E-state index contributed by atoms with van der Waals surface area (Å²) in [5.41, 5.74) is 0.306. The maximum atomic E-state index is 13.1. The Morgan fingerprint density at radius 3 is 2.94 bits per heavy atom. The van der Waals surface area contributed by atoms with Crippen molar-refractivity contribution in [2.24, 2.45) is 0 Å². The average molecular weight is 256 g/mol. The first kappa shape index (κ1) is 12.4. The number of halogens is 1. The number of hydrogen-bond donors (Lipinski definition) is 0. The van der Waals surface area contributed by atoms with Gasteiger partial charge in [-0.1, -0.05) is 0 Å². The van der Waals surface area contributed by atoms with Gasteiger partial charge in [-0.15, -0.1) is 11.8 Å². The summed E-state index contributed by atoms with van der Waals surface area (Å²) in [6.07, 6.45) is 0. The summed E-state index contributed by atoms with van der Waals surface area (Å²) in [5, 5.41) is 0.388. The summed E-state index contributed by atoms with van der Waals surface area (Å²) in [5.74, 6) is 0.208. The molecule has 0 bridgehead atoms. The molecule has 0 spiro atoms. The number of rotatable bonds is 5. The van der Waals surface area contributed by atoms with E-state index in [4.69, 9.17) is 9.47 Å². The molecule has 1 heterocycles. The molecule has 92 valence electrons. The number of Topliss-reactive ketones (excluding diaryl/α,β-unsaturated/α-hetero) is 1. The molecule has 0 aliphatic carbocycles. The van der Waals surface area contributed by atoms with Crippen molar-refractivity contribution in [3.8, 4) is 5.75 Å². The number of benzene rings is 1. The second-order valence-corrected chi connectivity index (χ2v) is 5.03. The molecule has 0 aromatic heterocycles. The normalized spacial score (nSPS) is 15.4. The highest BCUT2D eigenvalue weighted by Gasteiger charge is 2.21. The minimum absolute atomic E-state index is 0.113. The van der Waals surface area contributed by atoms with Crippen molar-refractivity contribution in [1.29, 1.82) is 0 Å². The highest BCUT2D eigenvalue weighted by atomic mass is 32.2. The predicted molar refractivity (Wildman–Crippen MR) is 64.3 cm³/mol. The van der Waals surface area contributed by atoms with E-state index in [1.165, 1.54) is 37.1 Å². The molecule has 1 aliphatic rings. The molecule has 1 saturated heterocycles. The summed E-state index contributed by atoms with van der Waals surface area (Å²) in [4.78, 5) is 11.9. The summed E-state index contributed by atoms with van der Waals surface area (Å²) in [7, 11) is 1.47. The van der Waals surface area contributed by atoms with Crippen LogP contribution in [-0.4, -0.2) is 37.1 Å². The molecule has 2 rings (SSSR count). The molecule has 0 saturated carbocycles. The van der Waals surface area contributed by atoms with Crippen molar-refractivity contribution in [2.75, 3.05) is 26.1 Å². The predicted octanol–water partition coefficient (Wildman–Crippen LogP) is 2.15. The van der Waals surface area contributed by atoms with Crippen molar-refractivity contribution in [1.82, 2.24) is 0 Å². The lowest BCUT2D eigenvalue weighted by atomic mass is 10.1. The van der Waals surface area contributed by atoms with E-state index in [1.54, 1.807) is 0 Å². The summed E-state index contributed by atoms with van der Waals surface area (Å²) >= 11 is 1.54. The number of thioether (sulfide) groups is 1. The molecule has 1 aliphatic heterocycles. The first-order chi connectivity index (χ1) is 8.20. The van der Waals surface area contributed by atoms with E-state index >= 15 is 0 Å².